The molecule has 0 unspecified atom stereocenters. The second kappa shape index (κ2) is 6.57. The Balaban J connectivity index is 2.71. The highest BCUT2D eigenvalue weighted by Crippen LogP contribution is 2.17. The summed E-state index contributed by atoms with van der Waals surface area (Å²) in [5.74, 6) is -0.308. The van der Waals surface area contributed by atoms with Crippen LogP contribution in [-0.4, -0.2) is 29.2 Å². The van der Waals surface area contributed by atoms with E-state index in [1.54, 1.807) is 6.07 Å². The monoisotopic (exact) mass is 240 g/mol. The van der Waals surface area contributed by atoms with Gasteiger partial charge in [0.25, 0.3) is 0 Å². The van der Waals surface area contributed by atoms with E-state index in [4.69, 9.17) is 10.8 Å². The molecule has 0 bridgehead atoms. The van der Waals surface area contributed by atoms with Gasteiger partial charge in [0.05, 0.1) is 0 Å². The van der Waals surface area contributed by atoms with Crippen LogP contribution in [0.5, 0.6) is 0 Å². The highest BCUT2D eigenvalue weighted by molar-refractivity contribution is 5.46. The van der Waals surface area contributed by atoms with Crippen molar-refractivity contribution in [3.8, 4) is 0 Å². The number of halogens is 1. The molecule has 0 radical (unpaired) electrons. The fourth-order valence-corrected chi connectivity index (χ4v) is 1.72. The first-order valence-corrected chi connectivity index (χ1v) is 5.93. The van der Waals surface area contributed by atoms with Crippen molar-refractivity contribution in [3.05, 3.63) is 29.6 Å². The van der Waals surface area contributed by atoms with Crippen molar-refractivity contribution in [2.24, 2.45) is 0 Å². The molecule has 96 valence electrons. The molecule has 0 aliphatic rings. The summed E-state index contributed by atoms with van der Waals surface area (Å²) in [5.41, 5.74) is 7.20. The van der Waals surface area contributed by atoms with Gasteiger partial charge in [-0.25, -0.2) is 4.39 Å². The highest BCUT2D eigenvalue weighted by atomic mass is 19.1. The number of nitrogens with two attached hydrogens (primary N) is 1. The Morgan fingerprint density at radius 3 is 2.65 bits per heavy atom. The molecule has 3 N–H and O–H groups in total. The predicted octanol–water partition coefficient (Wildman–Crippen LogP) is 2.00. The van der Waals surface area contributed by atoms with Gasteiger partial charge >= 0.3 is 0 Å². The van der Waals surface area contributed by atoms with Gasteiger partial charge in [-0.3, -0.25) is 4.90 Å². The first kappa shape index (κ1) is 13.9. The maximum atomic E-state index is 12.9. The van der Waals surface area contributed by atoms with Gasteiger partial charge in [0.2, 0.25) is 0 Å². The lowest BCUT2D eigenvalue weighted by Crippen LogP contribution is -2.32. The molecule has 0 atom stereocenters. The van der Waals surface area contributed by atoms with Crippen molar-refractivity contribution >= 4 is 5.69 Å². The van der Waals surface area contributed by atoms with E-state index in [2.05, 4.69) is 18.7 Å². The number of aliphatic hydroxyl groups excluding tert-OH is 1. The zero-order valence-corrected chi connectivity index (χ0v) is 10.5. The van der Waals surface area contributed by atoms with E-state index < -0.39 is 0 Å². The van der Waals surface area contributed by atoms with Crippen molar-refractivity contribution in [1.82, 2.24) is 4.90 Å². The van der Waals surface area contributed by atoms with E-state index in [9.17, 15) is 4.39 Å². The average molecular weight is 240 g/mol. The Morgan fingerprint density at radius 1 is 1.41 bits per heavy atom. The standard InChI is InChI=1S/C13H21FN2O/c1-10(2)16(6-3-7-17)9-11-4-5-12(14)8-13(11)15/h4-5,8,10,17H,3,6-7,9,15H2,1-2H3. The SMILES string of the molecule is CC(C)N(CCCO)Cc1ccc(F)cc1N. The smallest absolute Gasteiger partial charge is 0.125 e. The third-order valence-electron chi connectivity index (χ3n) is 2.82. The molecule has 0 saturated heterocycles. The van der Waals surface area contributed by atoms with E-state index in [0.717, 1.165) is 18.5 Å². The molecular weight excluding hydrogens is 219 g/mol. The van der Waals surface area contributed by atoms with Crippen LogP contribution in [0.25, 0.3) is 0 Å². The number of hydrogen-bond donors (Lipinski definition) is 2. The molecule has 0 aliphatic heterocycles. The van der Waals surface area contributed by atoms with Crippen molar-refractivity contribution in [2.45, 2.75) is 32.9 Å². The van der Waals surface area contributed by atoms with Crippen LogP contribution in [-0.2, 0) is 6.54 Å². The molecule has 17 heavy (non-hydrogen) atoms. The van der Waals surface area contributed by atoms with Gasteiger partial charge in [-0.1, -0.05) is 6.07 Å². The first-order chi connectivity index (χ1) is 8.04. The van der Waals surface area contributed by atoms with E-state index in [-0.39, 0.29) is 12.4 Å². The Hall–Kier alpha value is -1.13. The predicted molar refractivity (Wildman–Crippen MR) is 68.1 cm³/mol. The summed E-state index contributed by atoms with van der Waals surface area (Å²) in [6.45, 7) is 5.87. The summed E-state index contributed by atoms with van der Waals surface area (Å²) in [4.78, 5) is 2.21. The summed E-state index contributed by atoms with van der Waals surface area (Å²) in [7, 11) is 0. The van der Waals surface area contributed by atoms with Gasteiger partial charge < -0.3 is 10.8 Å². The van der Waals surface area contributed by atoms with Crippen molar-refractivity contribution in [2.75, 3.05) is 18.9 Å². The largest absolute Gasteiger partial charge is 0.398 e. The van der Waals surface area contributed by atoms with Gasteiger partial charge in [-0.15, -0.1) is 0 Å². The molecule has 1 aromatic rings. The fourth-order valence-electron chi connectivity index (χ4n) is 1.72. The lowest BCUT2D eigenvalue weighted by Gasteiger charge is -2.26. The van der Waals surface area contributed by atoms with Gasteiger partial charge in [-0.05, 0) is 38.0 Å². The minimum Gasteiger partial charge on any atom is -0.398 e. The molecule has 0 amide bonds. The number of nitrogens with zero attached hydrogens (tertiary/aromatic N) is 1. The summed E-state index contributed by atoms with van der Waals surface area (Å²) < 4.78 is 12.9. The van der Waals surface area contributed by atoms with Crippen LogP contribution in [0.15, 0.2) is 18.2 Å². The van der Waals surface area contributed by atoms with Gasteiger partial charge in [0.15, 0.2) is 0 Å². The third kappa shape index (κ3) is 4.32. The Kier molecular flexibility index (Phi) is 5.38. The van der Waals surface area contributed by atoms with Gasteiger partial charge in [-0.2, -0.15) is 0 Å². The summed E-state index contributed by atoms with van der Waals surface area (Å²) in [6.07, 6.45) is 0.735. The van der Waals surface area contributed by atoms with Gasteiger partial charge in [0, 0.05) is 31.4 Å². The lowest BCUT2D eigenvalue weighted by molar-refractivity contribution is 0.185. The fraction of sp³-hybridized carbons (Fsp3) is 0.538. The van der Waals surface area contributed by atoms with Crippen LogP contribution < -0.4 is 5.73 Å². The quantitative estimate of drug-likeness (QED) is 0.748. The van der Waals surface area contributed by atoms with Crippen molar-refractivity contribution < 1.29 is 9.50 Å². The Bertz CT molecular complexity index is 355. The Morgan fingerprint density at radius 2 is 2.12 bits per heavy atom. The molecule has 0 aliphatic carbocycles. The van der Waals surface area contributed by atoms with Crippen LogP contribution in [0.3, 0.4) is 0 Å². The average Bonchev–Trinajstić information content (AvgIpc) is 2.26. The molecular formula is C13H21FN2O. The molecule has 1 rings (SSSR count). The normalized spacial score (nSPS) is 11.4. The van der Waals surface area contributed by atoms with Crippen LogP contribution in [0.2, 0.25) is 0 Å². The maximum Gasteiger partial charge on any atom is 0.125 e. The number of benzene rings is 1. The number of aliphatic hydroxyl groups is 1. The van der Waals surface area contributed by atoms with Crippen LogP contribution >= 0.6 is 0 Å². The summed E-state index contributed by atoms with van der Waals surface area (Å²) in [5, 5.41) is 8.85. The molecule has 0 saturated carbocycles. The zero-order chi connectivity index (χ0) is 12.8. The third-order valence-corrected chi connectivity index (χ3v) is 2.82. The second-order valence-electron chi connectivity index (χ2n) is 4.48. The molecule has 4 heteroatoms. The molecule has 0 heterocycles. The lowest BCUT2D eigenvalue weighted by atomic mass is 10.1. The first-order valence-electron chi connectivity index (χ1n) is 5.93. The maximum absolute atomic E-state index is 12.9. The Labute approximate surface area is 102 Å². The molecule has 0 spiro atoms. The number of nitrogen functional groups attached to an aromatic ring is 1. The minimum absolute atomic E-state index is 0.183. The van der Waals surface area contributed by atoms with Crippen LogP contribution in [0, 0.1) is 5.82 Å². The summed E-state index contributed by atoms with van der Waals surface area (Å²) in [6, 6.07) is 4.86. The number of rotatable bonds is 6. The van der Waals surface area contributed by atoms with Crippen molar-refractivity contribution in [1.29, 1.82) is 0 Å². The zero-order valence-electron chi connectivity index (χ0n) is 10.5. The highest BCUT2D eigenvalue weighted by Gasteiger charge is 2.11. The molecule has 0 aromatic heterocycles. The minimum atomic E-state index is -0.308. The number of hydrogen-bond acceptors (Lipinski definition) is 3. The molecule has 3 nitrogen and oxygen atoms in total. The molecule has 0 fully saturated rings. The second-order valence-corrected chi connectivity index (χ2v) is 4.48. The van der Waals surface area contributed by atoms with E-state index >= 15 is 0 Å². The number of anilines is 1. The van der Waals surface area contributed by atoms with Crippen LogP contribution in [0.4, 0.5) is 10.1 Å². The van der Waals surface area contributed by atoms with Gasteiger partial charge in [0.1, 0.15) is 5.82 Å². The van der Waals surface area contributed by atoms with E-state index in [0.29, 0.717) is 18.3 Å². The van der Waals surface area contributed by atoms with Crippen LogP contribution in [0.1, 0.15) is 25.8 Å². The van der Waals surface area contributed by atoms with Crippen molar-refractivity contribution in [3.63, 3.8) is 0 Å². The molecule has 1 aromatic carbocycles. The topological polar surface area (TPSA) is 49.5 Å². The summed E-state index contributed by atoms with van der Waals surface area (Å²) >= 11 is 0. The van der Waals surface area contributed by atoms with E-state index in [1.807, 2.05) is 0 Å². The van der Waals surface area contributed by atoms with E-state index in [1.165, 1.54) is 12.1 Å².